The van der Waals surface area contributed by atoms with E-state index in [2.05, 4.69) is 15.3 Å². The Bertz CT molecular complexity index is 422. The molecule has 0 spiro atoms. The van der Waals surface area contributed by atoms with Gasteiger partial charge in [0.2, 0.25) is 5.91 Å². The summed E-state index contributed by atoms with van der Waals surface area (Å²) in [6.45, 7) is 1.47. The first-order valence-corrected chi connectivity index (χ1v) is 5.26. The number of carbonyl (C=O) groups is 2. The minimum atomic E-state index is -0.614. The predicted molar refractivity (Wildman–Crippen MR) is 58.9 cm³/mol. The SMILES string of the molecule is NC(=O)C1CNCCN1C(=O)c1cncnc1. The molecule has 3 N–H and O–H groups in total. The number of nitrogens with two attached hydrogens (primary N) is 1. The fourth-order valence-corrected chi connectivity index (χ4v) is 1.78. The van der Waals surface area contributed by atoms with Gasteiger partial charge in [0.1, 0.15) is 12.4 Å². The lowest BCUT2D eigenvalue weighted by molar-refractivity contribution is -0.122. The molecule has 2 heterocycles. The van der Waals surface area contributed by atoms with Crippen molar-refractivity contribution in [2.75, 3.05) is 19.6 Å². The van der Waals surface area contributed by atoms with Gasteiger partial charge in [-0.25, -0.2) is 9.97 Å². The van der Waals surface area contributed by atoms with Crippen LogP contribution in [0.15, 0.2) is 18.7 Å². The average molecular weight is 235 g/mol. The minimum absolute atomic E-state index is 0.268. The molecule has 0 bridgehead atoms. The van der Waals surface area contributed by atoms with Crippen LogP contribution in [0.5, 0.6) is 0 Å². The fourth-order valence-electron chi connectivity index (χ4n) is 1.78. The van der Waals surface area contributed by atoms with Crippen LogP contribution in [0, 0.1) is 0 Å². The number of carbonyl (C=O) groups excluding carboxylic acids is 2. The van der Waals surface area contributed by atoms with Crippen molar-refractivity contribution in [2.45, 2.75) is 6.04 Å². The van der Waals surface area contributed by atoms with Gasteiger partial charge in [0.25, 0.3) is 5.91 Å². The highest BCUT2D eigenvalue weighted by Gasteiger charge is 2.31. The van der Waals surface area contributed by atoms with E-state index in [-0.39, 0.29) is 5.91 Å². The van der Waals surface area contributed by atoms with E-state index in [1.165, 1.54) is 23.6 Å². The molecule has 7 heteroatoms. The molecule has 2 amide bonds. The number of nitrogens with one attached hydrogen (secondary N) is 1. The Morgan fingerprint density at radius 1 is 1.41 bits per heavy atom. The highest BCUT2D eigenvalue weighted by atomic mass is 16.2. The second kappa shape index (κ2) is 4.88. The van der Waals surface area contributed by atoms with Crippen LogP contribution in [-0.2, 0) is 4.79 Å². The van der Waals surface area contributed by atoms with Gasteiger partial charge in [0.05, 0.1) is 5.56 Å². The summed E-state index contributed by atoms with van der Waals surface area (Å²) in [5.41, 5.74) is 5.63. The third-order valence-electron chi connectivity index (χ3n) is 2.64. The number of aromatic nitrogens is 2. The summed E-state index contributed by atoms with van der Waals surface area (Å²) >= 11 is 0. The molecule has 0 radical (unpaired) electrons. The Balaban J connectivity index is 2.20. The van der Waals surface area contributed by atoms with Gasteiger partial charge >= 0.3 is 0 Å². The zero-order valence-corrected chi connectivity index (χ0v) is 9.17. The number of amides is 2. The lowest BCUT2D eigenvalue weighted by atomic mass is 10.1. The van der Waals surface area contributed by atoms with Crippen LogP contribution >= 0.6 is 0 Å². The number of hydrogen-bond acceptors (Lipinski definition) is 5. The topological polar surface area (TPSA) is 101 Å². The molecule has 1 aromatic rings. The first-order chi connectivity index (χ1) is 8.20. The lowest BCUT2D eigenvalue weighted by Crippen LogP contribution is -2.58. The summed E-state index contributed by atoms with van der Waals surface area (Å²) in [5.74, 6) is -0.779. The van der Waals surface area contributed by atoms with Crippen LogP contribution < -0.4 is 11.1 Å². The smallest absolute Gasteiger partial charge is 0.257 e. The molecule has 2 rings (SSSR count). The highest BCUT2D eigenvalue weighted by molar-refractivity contribution is 5.97. The summed E-state index contributed by atoms with van der Waals surface area (Å²) in [6, 6.07) is -0.614. The van der Waals surface area contributed by atoms with Crippen LogP contribution in [-0.4, -0.2) is 52.4 Å². The van der Waals surface area contributed by atoms with Gasteiger partial charge in [-0.3, -0.25) is 9.59 Å². The first-order valence-electron chi connectivity index (χ1n) is 5.26. The molecule has 1 unspecified atom stereocenters. The molecule has 90 valence electrons. The van der Waals surface area contributed by atoms with E-state index >= 15 is 0 Å². The normalized spacial score (nSPS) is 20.0. The van der Waals surface area contributed by atoms with E-state index in [9.17, 15) is 9.59 Å². The largest absolute Gasteiger partial charge is 0.368 e. The highest BCUT2D eigenvalue weighted by Crippen LogP contribution is 2.08. The molecule has 1 atom stereocenters. The Hall–Kier alpha value is -2.02. The van der Waals surface area contributed by atoms with Gasteiger partial charge in [0, 0.05) is 32.0 Å². The maximum Gasteiger partial charge on any atom is 0.257 e. The minimum Gasteiger partial charge on any atom is -0.368 e. The predicted octanol–water partition coefficient (Wildman–Crippen LogP) is -1.62. The molecule has 1 aliphatic rings. The van der Waals surface area contributed by atoms with E-state index in [0.29, 0.717) is 25.2 Å². The van der Waals surface area contributed by atoms with Crippen molar-refractivity contribution in [3.05, 3.63) is 24.3 Å². The van der Waals surface area contributed by atoms with Crippen LogP contribution in [0.2, 0.25) is 0 Å². The molecule has 1 saturated heterocycles. The van der Waals surface area contributed by atoms with Crippen molar-refractivity contribution < 1.29 is 9.59 Å². The number of rotatable bonds is 2. The lowest BCUT2D eigenvalue weighted by Gasteiger charge is -2.34. The van der Waals surface area contributed by atoms with Crippen molar-refractivity contribution >= 4 is 11.8 Å². The number of hydrogen-bond donors (Lipinski definition) is 2. The molecule has 0 aliphatic carbocycles. The third kappa shape index (κ3) is 2.39. The number of piperazine rings is 1. The molecular weight excluding hydrogens is 222 g/mol. The quantitative estimate of drug-likeness (QED) is 0.641. The summed E-state index contributed by atoms with van der Waals surface area (Å²) in [4.78, 5) is 32.4. The number of nitrogens with zero attached hydrogens (tertiary/aromatic N) is 3. The summed E-state index contributed by atoms with van der Waals surface area (Å²) in [7, 11) is 0. The second-order valence-corrected chi connectivity index (χ2v) is 3.75. The maximum atomic E-state index is 12.1. The van der Waals surface area contributed by atoms with Crippen LogP contribution in [0.3, 0.4) is 0 Å². The molecule has 0 saturated carbocycles. The van der Waals surface area contributed by atoms with Crippen LogP contribution in [0.4, 0.5) is 0 Å². The standard InChI is InChI=1S/C10H13N5O2/c11-9(16)8-5-12-1-2-15(8)10(17)7-3-13-6-14-4-7/h3-4,6,8,12H,1-2,5H2,(H2,11,16). The summed E-state index contributed by atoms with van der Waals surface area (Å²) < 4.78 is 0. The Labute approximate surface area is 98.0 Å². The van der Waals surface area contributed by atoms with Gasteiger partial charge in [-0.1, -0.05) is 0 Å². The average Bonchev–Trinajstić information content (AvgIpc) is 2.39. The van der Waals surface area contributed by atoms with Crippen LogP contribution in [0.1, 0.15) is 10.4 Å². The van der Waals surface area contributed by atoms with Gasteiger partial charge < -0.3 is 16.0 Å². The van der Waals surface area contributed by atoms with Crippen molar-refractivity contribution in [1.29, 1.82) is 0 Å². The molecule has 1 fully saturated rings. The van der Waals surface area contributed by atoms with Crippen LogP contribution in [0.25, 0.3) is 0 Å². The number of primary amides is 1. The van der Waals surface area contributed by atoms with E-state index in [1.54, 1.807) is 0 Å². The van der Waals surface area contributed by atoms with E-state index < -0.39 is 11.9 Å². The van der Waals surface area contributed by atoms with Crippen molar-refractivity contribution in [3.8, 4) is 0 Å². The van der Waals surface area contributed by atoms with Crippen molar-refractivity contribution in [3.63, 3.8) is 0 Å². The monoisotopic (exact) mass is 235 g/mol. The Morgan fingerprint density at radius 2 is 2.12 bits per heavy atom. The van der Waals surface area contributed by atoms with Crippen molar-refractivity contribution in [1.82, 2.24) is 20.2 Å². The Morgan fingerprint density at radius 3 is 2.76 bits per heavy atom. The third-order valence-corrected chi connectivity index (χ3v) is 2.64. The van der Waals surface area contributed by atoms with E-state index in [4.69, 9.17) is 5.73 Å². The first kappa shape index (κ1) is 11.5. The summed E-state index contributed by atoms with van der Waals surface area (Å²) in [5, 5.41) is 3.03. The molecule has 7 nitrogen and oxygen atoms in total. The molecule has 17 heavy (non-hydrogen) atoms. The van der Waals surface area contributed by atoms with E-state index in [0.717, 1.165) is 0 Å². The molecular formula is C10H13N5O2. The second-order valence-electron chi connectivity index (χ2n) is 3.75. The fraction of sp³-hybridized carbons (Fsp3) is 0.400. The zero-order chi connectivity index (χ0) is 12.3. The molecule has 0 aromatic carbocycles. The van der Waals surface area contributed by atoms with Crippen molar-refractivity contribution in [2.24, 2.45) is 5.73 Å². The maximum absolute atomic E-state index is 12.1. The molecule has 1 aliphatic heterocycles. The van der Waals surface area contributed by atoms with E-state index in [1.807, 2.05) is 0 Å². The van der Waals surface area contributed by atoms with Gasteiger partial charge in [-0.2, -0.15) is 0 Å². The van der Waals surface area contributed by atoms with Gasteiger partial charge in [0.15, 0.2) is 0 Å². The Kier molecular flexibility index (Phi) is 3.29. The molecule has 1 aromatic heterocycles. The zero-order valence-electron chi connectivity index (χ0n) is 9.17. The summed E-state index contributed by atoms with van der Waals surface area (Å²) in [6.07, 6.45) is 4.20. The van der Waals surface area contributed by atoms with Gasteiger partial charge in [-0.05, 0) is 0 Å². The van der Waals surface area contributed by atoms with Gasteiger partial charge in [-0.15, -0.1) is 0 Å².